The zero-order valence-corrected chi connectivity index (χ0v) is 17.4. The fourth-order valence-corrected chi connectivity index (χ4v) is 4.86. The van der Waals surface area contributed by atoms with Crippen LogP contribution in [0.1, 0.15) is 36.0 Å². The lowest BCUT2D eigenvalue weighted by atomic mass is 9.84. The van der Waals surface area contributed by atoms with Crippen molar-refractivity contribution in [1.82, 2.24) is 4.90 Å². The Morgan fingerprint density at radius 2 is 1.58 bits per heavy atom. The molecule has 0 N–H and O–H groups in total. The monoisotopic (exact) mass is 413 g/mol. The molecule has 0 aromatic heterocycles. The number of halogens is 1. The van der Waals surface area contributed by atoms with Crippen molar-refractivity contribution in [3.63, 3.8) is 0 Å². The Balaban J connectivity index is 1.56. The van der Waals surface area contributed by atoms with Gasteiger partial charge in [0.2, 0.25) is 0 Å². The third kappa shape index (κ3) is 3.74. The first-order valence-corrected chi connectivity index (χ1v) is 10.7. The molecule has 2 atom stereocenters. The van der Waals surface area contributed by atoms with Crippen LogP contribution in [-0.4, -0.2) is 23.1 Å². The van der Waals surface area contributed by atoms with Crippen LogP contribution in [0.4, 0.5) is 9.18 Å². The van der Waals surface area contributed by atoms with E-state index in [0.717, 1.165) is 36.0 Å². The first-order valence-electron chi connectivity index (χ1n) is 10.7. The molecule has 0 saturated carbocycles. The minimum atomic E-state index is -0.318. The number of amides is 1. The Labute approximate surface area is 181 Å². The molecule has 0 spiro atoms. The Hall–Kier alpha value is -3.40. The number of carbonyl (C=O) groups is 1. The lowest BCUT2D eigenvalue weighted by molar-refractivity contribution is 0.137. The summed E-state index contributed by atoms with van der Waals surface area (Å²) in [7, 11) is 0. The molecule has 1 fully saturated rings. The van der Waals surface area contributed by atoms with Gasteiger partial charge in [0.25, 0.3) is 0 Å². The van der Waals surface area contributed by atoms with Crippen molar-refractivity contribution < 1.29 is 13.9 Å². The molecule has 5 rings (SSSR count). The number of benzene rings is 3. The van der Waals surface area contributed by atoms with E-state index in [0.29, 0.717) is 5.75 Å². The number of hydrogen-bond donors (Lipinski definition) is 0. The highest BCUT2D eigenvalue weighted by Crippen LogP contribution is 2.47. The minimum Gasteiger partial charge on any atom is -0.410 e. The Morgan fingerprint density at radius 1 is 0.903 bits per heavy atom. The summed E-state index contributed by atoms with van der Waals surface area (Å²) in [4.78, 5) is 15.1. The summed E-state index contributed by atoms with van der Waals surface area (Å²) in [6, 6.07) is 24.3. The van der Waals surface area contributed by atoms with Crippen molar-refractivity contribution in [1.29, 1.82) is 0 Å². The number of fused-ring (bicyclic) bond motifs is 2. The van der Waals surface area contributed by atoms with Crippen molar-refractivity contribution >= 4 is 17.2 Å². The molecule has 31 heavy (non-hydrogen) atoms. The zero-order chi connectivity index (χ0) is 21.4. The smallest absolute Gasteiger partial charge is 0.410 e. The van der Waals surface area contributed by atoms with E-state index >= 15 is 0 Å². The van der Waals surface area contributed by atoms with E-state index in [2.05, 4.69) is 31.2 Å². The summed E-state index contributed by atoms with van der Waals surface area (Å²) >= 11 is 0. The minimum absolute atomic E-state index is 0.0864. The third-order valence-corrected chi connectivity index (χ3v) is 6.32. The Morgan fingerprint density at radius 3 is 2.29 bits per heavy atom. The molecule has 3 aromatic rings. The van der Waals surface area contributed by atoms with Crippen molar-refractivity contribution in [2.45, 2.75) is 38.3 Å². The standard InChI is InChI=1S/C27H24FNO2/c1-18-7-9-19(10-8-18)24-17-22-15-16-25(26(24)20-11-13-21(28)14-12-20)29(22)27(30)31-23-5-3-2-4-6-23/h2-14,22,25H,15-17H2,1H3/t22-,25+/m0/s1. The van der Waals surface area contributed by atoms with Crippen LogP contribution in [0.25, 0.3) is 11.1 Å². The first kappa shape index (κ1) is 19.6. The number of rotatable bonds is 3. The van der Waals surface area contributed by atoms with Crippen LogP contribution in [0.2, 0.25) is 0 Å². The second-order valence-electron chi connectivity index (χ2n) is 8.30. The van der Waals surface area contributed by atoms with Gasteiger partial charge < -0.3 is 4.74 Å². The normalized spacial score (nSPS) is 20.1. The van der Waals surface area contributed by atoms with Crippen LogP contribution in [0, 0.1) is 12.7 Å². The van der Waals surface area contributed by atoms with E-state index in [4.69, 9.17) is 4.74 Å². The second kappa shape index (κ2) is 8.03. The predicted octanol–water partition coefficient (Wildman–Crippen LogP) is 6.48. The van der Waals surface area contributed by atoms with E-state index in [1.165, 1.54) is 23.3 Å². The van der Waals surface area contributed by atoms with E-state index in [9.17, 15) is 9.18 Å². The topological polar surface area (TPSA) is 29.5 Å². The van der Waals surface area contributed by atoms with Gasteiger partial charge in [-0.2, -0.15) is 0 Å². The number of nitrogens with zero attached hydrogens (tertiary/aromatic N) is 1. The summed E-state index contributed by atoms with van der Waals surface area (Å²) in [5.41, 5.74) is 5.67. The van der Waals surface area contributed by atoms with Crippen LogP contribution in [-0.2, 0) is 0 Å². The van der Waals surface area contributed by atoms with Crippen molar-refractivity contribution in [2.24, 2.45) is 0 Å². The van der Waals surface area contributed by atoms with Crippen LogP contribution < -0.4 is 4.74 Å². The number of carbonyl (C=O) groups excluding carboxylic acids is 1. The SMILES string of the molecule is Cc1ccc(C2=C(c3ccc(F)cc3)[C@H]3CC[C@@H](C2)N3C(=O)Oc2ccccc2)cc1. The Kier molecular flexibility index (Phi) is 5.06. The highest BCUT2D eigenvalue weighted by Gasteiger charge is 2.45. The van der Waals surface area contributed by atoms with Gasteiger partial charge >= 0.3 is 6.09 Å². The van der Waals surface area contributed by atoms with Crippen LogP contribution >= 0.6 is 0 Å². The summed E-state index contributed by atoms with van der Waals surface area (Å²) in [6.07, 6.45) is 2.24. The molecule has 2 bridgehead atoms. The van der Waals surface area contributed by atoms with Gasteiger partial charge in [-0.1, -0.05) is 60.2 Å². The van der Waals surface area contributed by atoms with Crippen LogP contribution in [0.3, 0.4) is 0 Å². The molecule has 2 aliphatic heterocycles. The lowest BCUT2D eigenvalue weighted by Crippen LogP contribution is -2.46. The summed E-state index contributed by atoms with van der Waals surface area (Å²) < 4.78 is 19.4. The number of para-hydroxylation sites is 1. The van der Waals surface area contributed by atoms with Gasteiger partial charge in [0.1, 0.15) is 11.6 Å². The van der Waals surface area contributed by atoms with Crippen molar-refractivity contribution in [3.05, 3.63) is 101 Å². The summed E-state index contributed by atoms with van der Waals surface area (Å²) in [5, 5.41) is 0. The quantitative estimate of drug-likeness (QED) is 0.492. The van der Waals surface area contributed by atoms with Gasteiger partial charge in [-0.05, 0) is 72.7 Å². The average Bonchev–Trinajstić information content (AvgIpc) is 3.10. The van der Waals surface area contributed by atoms with Crippen LogP contribution in [0.15, 0.2) is 78.9 Å². The van der Waals surface area contributed by atoms with Gasteiger partial charge in [-0.3, -0.25) is 4.90 Å². The maximum absolute atomic E-state index is 13.7. The van der Waals surface area contributed by atoms with Gasteiger partial charge in [0, 0.05) is 6.04 Å². The molecule has 1 amide bonds. The number of aryl methyl sites for hydroxylation is 1. The third-order valence-electron chi connectivity index (χ3n) is 6.32. The predicted molar refractivity (Wildman–Crippen MR) is 120 cm³/mol. The number of ether oxygens (including phenoxy) is 1. The average molecular weight is 413 g/mol. The molecule has 3 nitrogen and oxygen atoms in total. The highest BCUT2D eigenvalue weighted by molar-refractivity contribution is 5.96. The van der Waals surface area contributed by atoms with E-state index < -0.39 is 0 Å². The van der Waals surface area contributed by atoms with Crippen molar-refractivity contribution in [3.8, 4) is 5.75 Å². The molecule has 0 radical (unpaired) electrons. The molecule has 2 heterocycles. The second-order valence-corrected chi connectivity index (χ2v) is 8.30. The summed E-state index contributed by atoms with van der Waals surface area (Å²) in [6.45, 7) is 2.07. The lowest BCUT2D eigenvalue weighted by Gasteiger charge is -2.37. The van der Waals surface area contributed by atoms with Gasteiger partial charge in [-0.15, -0.1) is 0 Å². The molecule has 2 aliphatic rings. The molecular weight excluding hydrogens is 389 g/mol. The summed E-state index contributed by atoms with van der Waals surface area (Å²) in [5.74, 6) is 0.283. The first-order chi connectivity index (χ1) is 15.1. The largest absolute Gasteiger partial charge is 0.416 e. The molecule has 0 unspecified atom stereocenters. The highest BCUT2D eigenvalue weighted by atomic mass is 19.1. The maximum atomic E-state index is 13.7. The molecule has 0 aliphatic carbocycles. The zero-order valence-electron chi connectivity index (χ0n) is 17.4. The molecule has 156 valence electrons. The van der Waals surface area contributed by atoms with Crippen molar-refractivity contribution in [2.75, 3.05) is 0 Å². The molecule has 1 saturated heterocycles. The Bertz CT molecular complexity index is 1120. The van der Waals surface area contributed by atoms with Gasteiger partial charge in [0.15, 0.2) is 0 Å². The number of hydrogen-bond acceptors (Lipinski definition) is 2. The van der Waals surface area contributed by atoms with E-state index in [1.54, 1.807) is 12.1 Å². The van der Waals surface area contributed by atoms with E-state index in [-0.39, 0.29) is 24.0 Å². The van der Waals surface area contributed by atoms with E-state index in [1.807, 2.05) is 35.2 Å². The van der Waals surface area contributed by atoms with Gasteiger partial charge in [-0.25, -0.2) is 9.18 Å². The molecule has 3 aromatic carbocycles. The maximum Gasteiger partial charge on any atom is 0.416 e. The van der Waals surface area contributed by atoms with Crippen LogP contribution in [0.5, 0.6) is 5.75 Å². The fraction of sp³-hybridized carbons (Fsp3) is 0.222. The fourth-order valence-electron chi connectivity index (χ4n) is 4.86. The molecule has 4 heteroatoms. The van der Waals surface area contributed by atoms with Gasteiger partial charge in [0.05, 0.1) is 6.04 Å². The molecular formula is C27H24FNO2.